The van der Waals surface area contributed by atoms with E-state index in [1.54, 1.807) is 7.11 Å². The molecule has 0 heterocycles. The molecule has 0 aromatic heterocycles. The van der Waals surface area contributed by atoms with E-state index in [0.29, 0.717) is 0 Å². The molecule has 4 aromatic carbocycles. The predicted molar refractivity (Wildman–Crippen MR) is 128 cm³/mol. The molecule has 1 aliphatic rings. The van der Waals surface area contributed by atoms with Crippen molar-refractivity contribution in [3.8, 4) is 22.6 Å². The lowest BCUT2D eigenvalue weighted by atomic mass is 9.88. The highest BCUT2D eigenvalue weighted by Gasteiger charge is 2.16. The average Bonchev–Trinajstić information content (AvgIpc) is 2.84. The fraction of sp³-hybridized carbons (Fsp3) is 0.103. The van der Waals surface area contributed by atoms with Gasteiger partial charge in [-0.25, -0.2) is 0 Å². The van der Waals surface area contributed by atoms with Gasteiger partial charge in [-0.15, -0.1) is 0 Å². The monoisotopic (exact) mass is 404 g/mol. The second-order valence-corrected chi connectivity index (χ2v) is 7.64. The Hall–Kier alpha value is -3.78. The molecule has 2 heteroatoms. The van der Waals surface area contributed by atoms with E-state index < -0.39 is 0 Å². The zero-order chi connectivity index (χ0) is 21.0. The normalized spacial score (nSPS) is 13.5. The van der Waals surface area contributed by atoms with Crippen molar-refractivity contribution in [1.29, 1.82) is 0 Å². The molecule has 0 saturated heterocycles. The highest BCUT2D eigenvalue weighted by Crippen LogP contribution is 2.39. The molecule has 0 radical (unpaired) electrons. The molecule has 5 rings (SSSR count). The second kappa shape index (κ2) is 8.53. The van der Waals surface area contributed by atoms with Crippen molar-refractivity contribution in [2.75, 3.05) is 7.11 Å². The number of ether oxygens (including phenoxy) is 2. The maximum atomic E-state index is 6.12. The van der Waals surface area contributed by atoms with E-state index in [4.69, 9.17) is 9.47 Å². The maximum absolute atomic E-state index is 6.12. The first kappa shape index (κ1) is 19.2. The minimum absolute atomic E-state index is 0.862. The van der Waals surface area contributed by atoms with Crippen LogP contribution in [0.1, 0.15) is 18.4 Å². The van der Waals surface area contributed by atoms with Crippen LogP contribution in [0.5, 0.6) is 11.5 Å². The van der Waals surface area contributed by atoms with Gasteiger partial charge >= 0.3 is 0 Å². The molecule has 4 aromatic rings. The fourth-order valence-corrected chi connectivity index (χ4v) is 4.26. The van der Waals surface area contributed by atoms with E-state index in [2.05, 4.69) is 72.8 Å². The zero-order valence-corrected chi connectivity index (χ0v) is 17.5. The topological polar surface area (TPSA) is 18.5 Å². The van der Waals surface area contributed by atoms with Gasteiger partial charge in [0.25, 0.3) is 0 Å². The van der Waals surface area contributed by atoms with Gasteiger partial charge < -0.3 is 9.47 Å². The quantitative estimate of drug-likeness (QED) is 0.340. The lowest BCUT2D eigenvalue weighted by Crippen LogP contribution is -2.00. The largest absolute Gasteiger partial charge is 0.496 e. The summed E-state index contributed by atoms with van der Waals surface area (Å²) in [6.07, 6.45) is 6.31. The first-order valence-electron chi connectivity index (χ1n) is 10.6. The first-order chi connectivity index (χ1) is 15.3. The Morgan fingerprint density at radius 2 is 1.35 bits per heavy atom. The molecule has 0 saturated carbocycles. The van der Waals surface area contributed by atoms with Crippen LogP contribution in [0.25, 0.3) is 27.5 Å². The van der Waals surface area contributed by atoms with E-state index in [9.17, 15) is 0 Å². The highest BCUT2D eigenvalue weighted by molar-refractivity contribution is 6.02. The molecule has 152 valence electrons. The molecule has 0 atom stereocenters. The number of hydrogen-bond donors (Lipinski definition) is 0. The summed E-state index contributed by atoms with van der Waals surface area (Å²) in [5, 5.41) is 2.32. The third-order valence-electron chi connectivity index (χ3n) is 5.72. The van der Waals surface area contributed by atoms with Crippen molar-refractivity contribution < 1.29 is 9.47 Å². The third-order valence-corrected chi connectivity index (χ3v) is 5.72. The standard InChI is InChI=1S/C29H24O2/c1-30-29-19-18-27(26-16-7-8-17-28(26)29)25-15-6-5-14-24(25)21-10-9-13-23(20-21)31-22-11-3-2-4-12-22/h2-8,11-20H,9-10H2,1H3. The molecular weight excluding hydrogens is 380 g/mol. The Kier molecular flexibility index (Phi) is 5.28. The molecule has 0 aliphatic heterocycles. The van der Waals surface area contributed by atoms with Gasteiger partial charge in [0.1, 0.15) is 17.3 Å². The molecule has 1 aliphatic carbocycles. The van der Waals surface area contributed by atoms with Crippen molar-refractivity contribution in [3.63, 3.8) is 0 Å². The average molecular weight is 405 g/mol. The fourth-order valence-electron chi connectivity index (χ4n) is 4.26. The van der Waals surface area contributed by atoms with Crippen LogP contribution in [0.2, 0.25) is 0 Å². The van der Waals surface area contributed by atoms with Crippen LogP contribution in [-0.2, 0) is 0 Å². The molecule has 0 fully saturated rings. The Morgan fingerprint density at radius 1 is 0.645 bits per heavy atom. The number of fused-ring (bicyclic) bond motifs is 1. The van der Waals surface area contributed by atoms with Gasteiger partial charge in [-0.3, -0.25) is 0 Å². The summed E-state index contributed by atoms with van der Waals surface area (Å²) in [5.74, 6) is 2.66. The number of methoxy groups -OCH3 is 1. The zero-order valence-electron chi connectivity index (χ0n) is 17.5. The number of hydrogen-bond acceptors (Lipinski definition) is 2. The number of rotatable bonds is 5. The van der Waals surface area contributed by atoms with Gasteiger partial charge in [0.05, 0.1) is 7.11 Å². The van der Waals surface area contributed by atoms with Crippen LogP contribution in [0, 0.1) is 0 Å². The smallest absolute Gasteiger partial charge is 0.127 e. The molecule has 31 heavy (non-hydrogen) atoms. The van der Waals surface area contributed by atoms with Gasteiger partial charge in [-0.2, -0.15) is 0 Å². The number of allylic oxidation sites excluding steroid dienone is 3. The van der Waals surface area contributed by atoms with Crippen LogP contribution in [0.3, 0.4) is 0 Å². The summed E-state index contributed by atoms with van der Waals surface area (Å²) in [7, 11) is 1.73. The molecule has 0 unspecified atom stereocenters. The van der Waals surface area contributed by atoms with Crippen molar-refractivity contribution >= 4 is 16.3 Å². The van der Waals surface area contributed by atoms with Crippen molar-refractivity contribution in [2.45, 2.75) is 12.8 Å². The third kappa shape index (κ3) is 3.85. The van der Waals surface area contributed by atoms with Crippen molar-refractivity contribution in [3.05, 3.63) is 114 Å². The molecular formula is C29H24O2. The van der Waals surface area contributed by atoms with E-state index in [1.165, 1.54) is 27.6 Å². The minimum Gasteiger partial charge on any atom is -0.496 e. The van der Waals surface area contributed by atoms with Gasteiger partial charge in [0.2, 0.25) is 0 Å². The van der Waals surface area contributed by atoms with Gasteiger partial charge in [-0.05, 0) is 70.8 Å². The van der Waals surface area contributed by atoms with Crippen LogP contribution in [0.15, 0.2) is 109 Å². The van der Waals surface area contributed by atoms with E-state index in [1.807, 2.05) is 30.3 Å². The number of para-hydroxylation sites is 1. The SMILES string of the molecule is COc1ccc(-c2ccccc2C2=CC(Oc3ccccc3)=CCC2)c2ccccc12. The maximum Gasteiger partial charge on any atom is 0.127 e. The Bertz CT molecular complexity index is 1280. The Morgan fingerprint density at radius 3 is 2.16 bits per heavy atom. The lowest BCUT2D eigenvalue weighted by Gasteiger charge is -2.19. The Labute approximate surface area is 183 Å². The van der Waals surface area contributed by atoms with Gasteiger partial charge in [0.15, 0.2) is 0 Å². The van der Waals surface area contributed by atoms with Crippen molar-refractivity contribution in [1.82, 2.24) is 0 Å². The van der Waals surface area contributed by atoms with Crippen LogP contribution < -0.4 is 9.47 Å². The Balaban J connectivity index is 1.58. The van der Waals surface area contributed by atoms with E-state index in [-0.39, 0.29) is 0 Å². The summed E-state index contributed by atoms with van der Waals surface area (Å²) in [5.41, 5.74) is 4.99. The highest BCUT2D eigenvalue weighted by atomic mass is 16.5. The summed E-state index contributed by atoms with van der Waals surface area (Å²) >= 11 is 0. The minimum atomic E-state index is 0.862. The van der Waals surface area contributed by atoms with E-state index in [0.717, 1.165) is 35.5 Å². The van der Waals surface area contributed by atoms with Crippen molar-refractivity contribution in [2.24, 2.45) is 0 Å². The summed E-state index contributed by atoms with van der Waals surface area (Å²) < 4.78 is 11.7. The molecule has 0 spiro atoms. The predicted octanol–water partition coefficient (Wildman–Crippen LogP) is 7.66. The lowest BCUT2D eigenvalue weighted by molar-refractivity contribution is 0.420. The van der Waals surface area contributed by atoms with Crippen LogP contribution in [-0.4, -0.2) is 7.11 Å². The molecule has 0 bridgehead atoms. The van der Waals surface area contributed by atoms with Gasteiger partial charge in [-0.1, -0.05) is 72.8 Å². The summed E-state index contributed by atoms with van der Waals surface area (Å²) in [4.78, 5) is 0. The van der Waals surface area contributed by atoms with Crippen LogP contribution >= 0.6 is 0 Å². The van der Waals surface area contributed by atoms with Crippen LogP contribution in [0.4, 0.5) is 0 Å². The molecule has 2 nitrogen and oxygen atoms in total. The molecule has 0 amide bonds. The summed E-state index contributed by atoms with van der Waals surface area (Å²) in [6, 6.07) is 31.3. The summed E-state index contributed by atoms with van der Waals surface area (Å²) in [6.45, 7) is 0. The first-order valence-corrected chi connectivity index (χ1v) is 10.6. The molecule has 0 N–H and O–H groups in total. The van der Waals surface area contributed by atoms with Gasteiger partial charge in [0, 0.05) is 5.39 Å². The number of benzene rings is 4. The second-order valence-electron chi connectivity index (χ2n) is 7.64. The van der Waals surface area contributed by atoms with E-state index >= 15 is 0 Å².